The van der Waals surface area contributed by atoms with Gasteiger partial charge in [-0.15, -0.1) is 0 Å². The summed E-state index contributed by atoms with van der Waals surface area (Å²) in [6.07, 6.45) is 1.89. The molecule has 0 aliphatic rings. The van der Waals surface area contributed by atoms with Crippen molar-refractivity contribution in [3.05, 3.63) is 50.8 Å². The van der Waals surface area contributed by atoms with Gasteiger partial charge in [0, 0.05) is 5.56 Å². The predicted molar refractivity (Wildman–Crippen MR) is 100.0 cm³/mol. The maximum Gasteiger partial charge on any atom is 0.310 e. The molecule has 0 spiro atoms. The number of carbonyl (C=O) groups is 1. The first-order chi connectivity index (χ1) is 10.8. The average Bonchev–Trinajstić information content (AvgIpc) is 2.49. The minimum Gasteiger partial charge on any atom is -0.512 e. The highest BCUT2D eigenvalue weighted by Crippen LogP contribution is 2.23. The number of para-hydroxylation sites is 1. The molecule has 1 aromatic rings. The Morgan fingerprint density at radius 3 is 2.61 bits per heavy atom. The third kappa shape index (κ3) is 6.64. The molecule has 23 heavy (non-hydrogen) atoms. The van der Waals surface area contributed by atoms with Gasteiger partial charge in [-0.2, -0.15) is 0 Å². The molecule has 0 amide bonds. The minimum absolute atomic E-state index is 0.178. The van der Waals surface area contributed by atoms with Gasteiger partial charge >= 0.3 is 5.97 Å². The fourth-order valence-corrected chi connectivity index (χ4v) is 2.33. The highest BCUT2D eigenvalue weighted by atomic mass is 127. The molecular weight excluding hydrogens is 407 g/mol. The van der Waals surface area contributed by atoms with Crippen molar-refractivity contribution in [2.75, 3.05) is 6.61 Å². The summed E-state index contributed by atoms with van der Waals surface area (Å²) in [5.74, 6) is 0.678. The standard InChI is InChI=1S/C18H23IO4/c1-5-22-18(21)11-15-8-6-7-9-17(15)23-14(4)12(2)10-16(19)13(3)20/h6-10,14,20H,5,11H2,1-4H3/b12-10+,16-13-. The third-order valence-electron chi connectivity index (χ3n) is 3.26. The summed E-state index contributed by atoms with van der Waals surface area (Å²) in [5, 5.41) is 9.47. The summed E-state index contributed by atoms with van der Waals surface area (Å²) >= 11 is 2.08. The van der Waals surface area contributed by atoms with E-state index >= 15 is 0 Å². The van der Waals surface area contributed by atoms with Gasteiger partial charge in [-0.1, -0.05) is 18.2 Å². The van der Waals surface area contributed by atoms with Crippen LogP contribution in [0, 0.1) is 0 Å². The Morgan fingerprint density at radius 2 is 2.00 bits per heavy atom. The Bertz CT molecular complexity index is 601. The first kappa shape index (κ1) is 19.5. The van der Waals surface area contributed by atoms with Crippen LogP contribution in [0.4, 0.5) is 0 Å². The van der Waals surface area contributed by atoms with Crippen LogP contribution < -0.4 is 4.74 Å². The van der Waals surface area contributed by atoms with E-state index in [4.69, 9.17) is 9.47 Å². The van der Waals surface area contributed by atoms with Gasteiger partial charge in [0.05, 0.1) is 16.6 Å². The highest BCUT2D eigenvalue weighted by Gasteiger charge is 2.13. The Labute approximate surface area is 151 Å². The zero-order valence-corrected chi connectivity index (χ0v) is 16.1. The summed E-state index contributed by atoms with van der Waals surface area (Å²) in [4.78, 5) is 11.7. The molecule has 5 heteroatoms. The molecule has 0 saturated carbocycles. The number of aliphatic hydroxyl groups excluding tert-OH is 1. The van der Waals surface area contributed by atoms with Crippen molar-refractivity contribution in [1.82, 2.24) is 0 Å². The smallest absolute Gasteiger partial charge is 0.310 e. The van der Waals surface area contributed by atoms with Crippen LogP contribution in [0.2, 0.25) is 0 Å². The second kappa shape index (κ2) is 9.60. The van der Waals surface area contributed by atoms with Gasteiger partial charge in [-0.3, -0.25) is 4.79 Å². The molecule has 0 saturated heterocycles. The lowest BCUT2D eigenvalue weighted by Gasteiger charge is -2.18. The number of ether oxygens (including phenoxy) is 2. The molecule has 1 atom stereocenters. The number of hydrogen-bond acceptors (Lipinski definition) is 4. The minimum atomic E-state index is -0.267. The second-order valence-corrected chi connectivity index (χ2v) is 6.33. The van der Waals surface area contributed by atoms with Crippen molar-refractivity contribution in [3.63, 3.8) is 0 Å². The quantitative estimate of drug-likeness (QED) is 0.294. The van der Waals surface area contributed by atoms with Crippen LogP contribution in [-0.4, -0.2) is 23.8 Å². The number of hydrogen-bond donors (Lipinski definition) is 1. The number of esters is 1. The zero-order valence-electron chi connectivity index (χ0n) is 13.9. The molecule has 1 aromatic carbocycles. The Hall–Kier alpha value is -1.50. The Morgan fingerprint density at radius 1 is 1.35 bits per heavy atom. The number of halogens is 1. The number of rotatable bonds is 7. The molecule has 0 fully saturated rings. The second-order valence-electron chi connectivity index (χ2n) is 5.17. The molecule has 4 nitrogen and oxygen atoms in total. The van der Waals surface area contributed by atoms with E-state index in [1.165, 1.54) is 0 Å². The highest BCUT2D eigenvalue weighted by molar-refractivity contribution is 14.1. The molecule has 0 bridgehead atoms. The summed E-state index contributed by atoms with van der Waals surface area (Å²) in [6.45, 7) is 7.68. The fourth-order valence-electron chi connectivity index (χ4n) is 1.84. The van der Waals surface area contributed by atoms with Crippen molar-refractivity contribution >= 4 is 28.6 Å². The van der Waals surface area contributed by atoms with E-state index in [1.807, 2.05) is 44.2 Å². The van der Waals surface area contributed by atoms with E-state index < -0.39 is 0 Å². The molecule has 1 rings (SSSR count). The van der Waals surface area contributed by atoms with Crippen LogP contribution in [0.5, 0.6) is 5.75 Å². The number of allylic oxidation sites excluding steroid dienone is 3. The molecule has 0 aliphatic heterocycles. The van der Waals surface area contributed by atoms with Crippen LogP contribution in [0.15, 0.2) is 45.3 Å². The van der Waals surface area contributed by atoms with Crippen molar-refractivity contribution in [3.8, 4) is 5.75 Å². The monoisotopic (exact) mass is 430 g/mol. The van der Waals surface area contributed by atoms with Crippen LogP contribution in [0.25, 0.3) is 0 Å². The van der Waals surface area contributed by atoms with E-state index in [-0.39, 0.29) is 24.3 Å². The van der Waals surface area contributed by atoms with E-state index in [2.05, 4.69) is 22.6 Å². The third-order valence-corrected chi connectivity index (χ3v) is 4.35. The number of aliphatic hydroxyl groups is 1. The van der Waals surface area contributed by atoms with E-state index in [0.29, 0.717) is 12.4 Å². The van der Waals surface area contributed by atoms with Gasteiger partial charge in [0.2, 0.25) is 0 Å². The molecule has 1 unspecified atom stereocenters. The summed E-state index contributed by atoms with van der Waals surface area (Å²) in [6, 6.07) is 7.45. The molecular formula is C18H23IO4. The van der Waals surface area contributed by atoms with Crippen molar-refractivity contribution < 1.29 is 19.4 Å². The number of benzene rings is 1. The Kier molecular flexibility index (Phi) is 8.16. The van der Waals surface area contributed by atoms with Crippen LogP contribution in [-0.2, 0) is 16.0 Å². The first-order valence-electron chi connectivity index (χ1n) is 7.48. The molecule has 126 valence electrons. The van der Waals surface area contributed by atoms with Gasteiger partial charge in [0.1, 0.15) is 17.6 Å². The fraction of sp³-hybridized carbons (Fsp3) is 0.389. The van der Waals surface area contributed by atoms with Crippen LogP contribution >= 0.6 is 22.6 Å². The van der Waals surface area contributed by atoms with Crippen LogP contribution in [0.3, 0.4) is 0 Å². The van der Waals surface area contributed by atoms with Gasteiger partial charge in [-0.05, 0) is 68.0 Å². The lowest BCUT2D eigenvalue weighted by molar-refractivity contribution is -0.142. The van der Waals surface area contributed by atoms with Crippen molar-refractivity contribution in [1.29, 1.82) is 0 Å². The SMILES string of the molecule is CCOC(=O)Cc1ccccc1OC(C)/C(C)=C/C(I)=C(\C)O. The van der Waals surface area contributed by atoms with Crippen molar-refractivity contribution in [2.45, 2.75) is 40.2 Å². The average molecular weight is 430 g/mol. The van der Waals surface area contributed by atoms with E-state index in [9.17, 15) is 9.90 Å². The van der Waals surface area contributed by atoms with Gasteiger partial charge in [-0.25, -0.2) is 0 Å². The van der Waals surface area contributed by atoms with E-state index in [1.54, 1.807) is 13.8 Å². The maximum absolute atomic E-state index is 11.7. The van der Waals surface area contributed by atoms with Gasteiger partial charge in [0.15, 0.2) is 0 Å². The lowest BCUT2D eigenvalue weighted by atomic mass is 10.1. The number of carbonyl (C=O) groups excluding carboxylic acids is 1. The summed E-state index contributed by atoms with van der Waals surface area (Å²) < 4.78 is 11.7. The van der Waals surface area contributed by atoms with Gasteiger partial charge < -0.3 is 14.6 Å². The summed E-state index contributed by atoms with van der Waals surface area (Å²) in [7, 11) is 0. The molecule has 0 radical (unpaired) electrons. The first-order valence-corrected chi connectivity index (χ1v) is 8.56. The largest absolute Gasteiger partial charge is 0.512 e. The normalized spacial score (nSPS) is 14.0. The molecule has 1 N–H and O–H groups in total. The van der Waals surface area contributed by atoms with Gasteiger partial charge in [0.25, 0.3) is 0 Å². The van der Waals surface area contributed by atoms with Crippen molar-refractivity contribution in [2.24, 2.45) is 0 Å². The predicted octanol–water partition coefficient (Wildman–Crippen LogP) is 4.73. The van der Waals surface area contributed by atoms with E-state index in [0.717, 1.165) is 14.7 Å². The molecule has 0 aliphatic carbocycles. The van der Waals surface area contributed by atoms with Crippen LogP contribution in [0.1, 0.15) is 33.3 Å². The zero-order chi connectivity index (χ0) is 17.4. The molecule has 0 aromatic heterocycles. The summed E-state index contributed by atoms with van der Waals surface area (Å²) in [5.41, 5.74) is 1.78. The topological polar surface area (TPSA) is 55.8 Å². The Balaban J connectivity index is 2.88. The lowest BCUT2D eigenvalue weighted by Crippen LogP contribution is -2.16. The molecule has 0 heterocycles. The maximum atomic E-state index is 11.7.